The first kappa shape index (κ1) is 5.98. The molecule has 0 spiro atoms. The molecule has 0 aromatic carbocycles. The van der Waals surface area contributed by atoms with Crippen LogP contribution in [-0.4, -0.2) is 20.8 Å². The van der Waals surface area contributed by atoms with Crippen LogP contribution in [0, 0.1) is 0 Å². The highest BCUT2D eigenvalue weighted by Crippen LogP contribution is 2.26. The molecule has 1 fully saturated rings. The molecule has 1 aliphatic heterocycles. The van der Waals surface area contributed by atoms with Gasteiger partial charge >= 0.3 is 0 Å². The van der Waals surface area contributed by atoms with Gasteiger partial charge in [0, 0.05) is 22.3 Å². The second-order valence-electron chi connectivity index (χ2n) is 1.20. The molecule has 1 nitrogen and oxygen atoms in total. The zero-order valence-corrected chi connectivity index (χ0v) is 6.20. The number of hydrogen-bond donors (Lipinski definition) is 0. The van der Waals surface area contributed by atoms with E-state index in [1.165, 1.54) is 0 Å². The van der Waals surface area contributed by atoms with Crippen LogP contribution in [0.3, 0.4) is 0 Å². The van der Waals surface area contributed by atoms with Gasteiger partial charge in [-0.25, -0.2) is 0 Å². The van der Waals surface area contributed by atoms with Gasteiger partial charge in [-0.3, -0.25) is 4.21 Å². The van der Waals surface area contributed by atoms with Crippen molar-refractivity contribution in [3.05, 3.63) is 0 Å². The number of rotatable bonds is 0. The summed E-state index contributed by atoms with van der Waals surface area (Å²) >= 11 is 0. The van der Waals surface area contributed by atoms with E-state index in [1.807, 2.05) is 10.8 Å². The average molecular weight is 154 g/mol. The highest BCUT2D eigenvalue weighted by Gasteiger charge is 2.05. The van der Waals surface area contributed by atoms with E-state index < -0.39 is 10.8 Å². The predicted octanol–water partition coefficient (Wildman–Crippen LogP) is 1.09. The molecule has 1 rings (SSSR count). The van der Waals surface area contributed by atoms with Gasteiger partial charge in [0.05, 0.1) is 5.08 Å². The Morgan fingerprint density at radius 3 is 2.57 bits per heavy atom. The summed E-state index contributed by atoms with van der Waals surface area (Å²) in [6.45, 7) is 0. The molecule has 0 N–H and O–H groups in total. The summed E-state index contributed by atoms with van der Waals surface area (Å²) in [5, 5.41) is 0.838. The van der Waals surface area contributed by atoms with Crippen molar-refractivity contribution in [2.24, 2.45) is 0 Å². The van der Waals surface area contributed by atoms with Crippen LogP contribution in [0.1, 0.15) is 0 Å². The molecule has 4 heteroatoms. The highest BCUT2D eigenvalue weighted by molar-refractivity contribution is 8.78. The van der Waals surface area contributed by atoms with Gasteiger partial charge in [0.2, 0.25) is 0 Å². The van der Waals surface area contributed by atoms with Crippen molar-refractivity contribution in [3.63, 3.8) is 0 Å². The summed E-state index contributed by atoms with van der Waals surface area (Å²) in [5.74, 6) is 1.97. The summed E-state index contributed by atoms with van der Waals surface area (Å²) in [5.41, 5.74) is 0. The van der Waals surface area contributed by atoms with E-state index in [4.69, 9.17) is 0 Å². The maximum Gasteiger partial charge on any atom is 0.0796 e. The van der Waals surface area contributed by atoms with Gasteiger partial charge in [-0.05, 0) is 0 Å². The summed E-state index contributed by atoms with van der Waals surface area (Å²) in [7, 11) is 3.04. The molecule has 1 heterocycles. The second kappa shape index (κ2) is 2.99. The van der Waals surface area contributed by atoms with Crippen LogP contribution in [-0.2, 0) is 10.8 Å². The first-order chi connectivity index (χ1) is 3.39. The SMILES string of the molecule is O=S1CCSSC1. The topological polar surface area (TPSA) is 17.1 Å². The lowest BCUT2D eigenvalue weighted by Crippen LogP contribution is -2.05. The molecule has 1 aliphatic rings. The first-order valence-electron chi connectivity index (χ1n) is 1.99. The lowest BCUT2D eigenvalue weighted by molar-refractivity contribution is 0.687. The van der Waals surface area contributed by atoms with E-state index in [1.54, 1.807) is 10.8 Å². The molecule has 0 bridgehead atoms. The third kappa shape index (κ3) is 2.06. The monoisotopic (exact) mass is 154 g/mol. The summed E-state index contributed by atoms with van der Waals surface area (Å²) in [6, 6.07) is 0. The Balaban J connectivity index is 2.25. The fraction of sp³-hybridized carbons (Fsp3) is 1.00. The van der Waals surface area contributed by atoms with Gasteiger partial charge in [-0.15, -0.1) is 0 Å². The first-order valence-corrected chi connectivity index (χ1v) is 5.96. The van der Waals surface area contributed by atoms with Crippen molar-refractivity contribution in [1.29, 1.82) is 0 Å². The van der Waals surface area contributed by atoms with Crippen molar-refractivity contribution in [2.45, 2.75) is 0 Å². The highest BCUT2D eigenvalue weighted by atomic mass is 33.1. The quantitative estimate of drug-likeness (QED) is 0.486. The molecule has 7 heavy (non-hydrogen) atoms. The molecular weight excluding hydrogens is 148 g/mol. The van der Waals surface area contributed by atoms with E-state index in [0.29, 0.717) is 0 Å². The lowest BCUT2D eigenvalue weighted by atomic mass is 11.0. The molecule has 0 aliphatic carbocycles. The van der Waals surface area contributed by atoms with Gasteiger partial charge < -0.3 is 0 Å². The van der Waals surface area contributed by atoms with Crippen LogP contribution in [0.4, 0.5) is 0 Å². The van der Waals surface area contributed by atoms with Crippen molar-refractivity contribution >= 4 is 32.4 Å². The molecular formula is C3H6OS3. The van der Waals surface area contributed by atoms with Crippen LogP contribution in [0.2, 0.25) is 0 Å². The lowest BCUT2D eigenvalue weighted by Gasteiger charge is -2.05. The van der Waals surface area contributed by atoms with Gasteiger partial charge in [-0.1, -0.05) is 21.6 Å². The average Bonchev–Trinajstić information content (AvgIpc) is 1.69. The Bertz CT molecular complexity index is 74.2. The zero-order chi connectivity index (χ0) is 5.11. The molecule has 0 saturated carbocycles. The molecule has 0 aromatic heterocycles. The fourth-order valence-electron chi connectivity index (χ4n) is 0.333. The Morgan fingerprint density at radius 1 is 1.43 bits per heavy atom. The molecule has 0 aromatic rings. The van der Waals surface area contributed by atoms with Gasteiger partial charge in [0.15, 0.2) is 0 Å². The smallest absolute Gasteiger partial charge is 0.0796 e. The van der Waals surface area contributed by atoms with Crippen molar-refractivity contribution in [1.82, 2.24) is 0 Å². The van der Waals surface area contributed by atoms with Crippen LogP contribution in [0.15, 0.2) is 0 Å². The molecule has 1 atom stereocenters. The minimum absolute atomic E-state index is 0.498. The van der Waals surface area contributed by atoms with Crippen molar-refractivity contribution in [3.8, 4) is 0 Å². The summed E-state index contributed by atoms with van der Waals surface area (Å²) in [6.07, 6.45) is 0. The van der Waals surface area contributed by atoms with E-state index >= 15 is 0 Å². The third-order valence-electron chi connectivity index (χ3n) is 0.657. The van der Waals surface area contributed by atoms with E-state index in [0.717, 1.165) is 16.6 Å². The maximum atomic E-state index is 10.5. The van der Waals surface area contributed by atoms with Crippen LogP contribution in [0.5, 0.6) is 0 Å². The summed E-state index contributed by atoms with van der Waals surface area (Å²) < 4.78 is 10.5. The largest absolute Gasteiger partial charge is 0.259 e. The van der Waals surface area contributed by atoms with Gasteiger partial charge in [0.1, 0.15) is 0 Å². The van der Waals surface area contributed by atoms with Gasteiger partial charge in [0.25, 0.3) is 0 Å². The predicted molar refractivity (Wildman–Crippen MR) is 37.9 cm³/mol. The minimum atomic E-state index is -0.498. The molecule has 1 saturated heterocycles. The zero-order valence-electron chi connectivity index (χ0n) is 3.75. The van der Waals surface area contributed by atoms with Crippen molar-refractivity contribution in [2.75, 3.05) is 16.6 Å². The van der Waals surface area contributed by atoms with E-state index in [2.05, 4.69) is 0 Å². The van der Waals surface area contributed by atoms with Crippen LogP contribution in [0.25, 0.3) is 0 Å². The van der Waals surface area contributed by atoms with Crippen LogP contribution >= 0.6 is 21.6 Å². The standard InChI is InChI=1S/C3H6OS3/c4-7-2-1-5-6-3-7/h1-3H2. The minimum Gasteiger partial charge on any atom is -0.259 e. The molecule has 0 radical (unpaired) electrons. The normalized spacial score (nSPS) is 32.9. The fourth-order valence-corrected chi connectivity index (χ4v) is 5.18. The van der Waals surface area contributed by atoms with E-state index in [-0.39, 0.29) is 0 Å². The Morgan fingerprint density at radius 2 is 2.29 bits per heavy atom. The number of hydrogen-bond acceptors (Lipinski definition) is 3. The maximum absolute atomic E-state index is 10.5. The second-order valence-corrected chi connectivity index (χ2v) is 5.73. The van der Waals surface area contributed by atoms with Crippen molar-refractivity contribution < 1.29 is 4.21 Å². The molecule has 0 amide bonds. The Hall–Kier alpha value is 0.850. The summed E-state index contributed by atoms with van der Waals surface area (Å²) in [4.78, 5) is 0. The Labute approximate surface area is 53.5 Å². The Kier molecular flexibility index (Phi) is 2.56. The van der Waals surface area contributed by atoms with Crippen LogP contribution < -0.4 is 0 Å². The van der Waals surface area contributed by atoms with Gasteiger partial charge in [-0.2, -0.15) is 0 Å². The third-order valence-corrected chi connectivity index (χ3v) is 5.42. The molecule has 1 unspecified atom stereocenters. The van der Waals surface area contributed by atoms with E-state index in [9.17, 15) is 4.21 Å². The molecule has 42 valence electrons.